The van der Waals surface area contributed by atoms with Crippen molar-refractivity contribution in [2.24, 2.45) is 5.92 Å². The Kier molecular flexibility index (Phi) is 8.20. The molecule has 2 saturated heterocycles. The van der Waals surface area contributed by atoms with Crippen LogP contribution in [0.1, 0.15) is 75.7 Å². The van der Waals surface area contributed by atoms with Crippen LogP contribution in [0.4, 0.5) is 0 Å². The Balaban J connectivity index is 1.27. The molecule has 3 heterocycles. The molecule has 1 atom stereocenters. The summed E-state index contributed by atoms with van der Waals surface area (Å²) >= 11 is 1.66. The van der Waals surface area contributed by atoms with Crippen molar-refractivity contribution in [2.45, 2.75) is 96.0 Å². The van der Waals surface area contributed by atoms with Crippen LogP contribution in [-0.4, -0.2) is 52.4 Å². The Labute approximate surface area is 225 Å². The van der Waals surface area contributed by atoms with E-state index in [0.717, 1.165) is 36.7 Å². The van der Waals surface area contributed by atoms with Crippen molar-refractivity contribution in [3.8, 4) is 5.75 Å². The number of amides is 2. The number of carbonyl (C=O) groups excluding carboxylic acids is 2. The topological polar surface area (TPSA) is 61.9 Å². The number of rotatable bonds is 8. The lowest BCUT2D eigenvalue weighted by Crippen LogP contribution is -2.72. The van der Waals surface area contributed by atoms with Gasteiger partial charge in [-0.2, -0.15) is 0 Å². The van der Waals surface area contributed by atoms with Gasteiger partial charge in [-0.3, -0.25) is 14.5 Å². The predicted molar refractivity (Wildman–Crippen MR) is 147 cm³/mol. The standard InChI is InChI=1S/C30H41N3O3S/c1-22(2)36-25-12-10-24(11-13-25)20-32-16-14-30(15-17-32)29(35)31-27(19-23-7-4-3-5-8-23)28(34)33(30)21-26-9-6-18-37-26/h6,9-13,18,22-23,27H,3-5,7-8,14-17,19-21H2,1-2H3,(H,31,35). The van der Waals surface area contributed by atoms with Crippen LogP contribution in [-0.2, 0) is 22.7 Å². The zero-order valence-corrected chi connectivity index (χ0v) is 23.1. The van der Waals surface area contributed by atoms with E-state index in [9.17, 15) is 9.59 Å². The lowest BCUT2D eigenvalue weighted by atomic mass is 9.79. The second kappa shape index (κ2) is 11.6. The molecule has 2 aromatic rings. The number of hydrogen-bond acceptors (Lipinski definition) is 5. The van der Waals surface area contributed by atoms with E-state index in [1.807, 2.05) is 36.9 Å². The van der Waals surface area contributed by atoms with Crippen LogP contribution in [0.15, 0.2) is 41.8 Å². The van der Waals surface area contributed by atoms with Crippen LogP contribution in [0, 0.1) is 5.92 Å². The number of piperazine rings is 1. The summed E-state index contributed by atoms with van der Waals surface area (Å²) in [7, 11) is 0. The zero-order chi connectivity index (χ0) is 25.8. The summed E-state index contributed by atoms with van der Waals surface area (Å²) in [6, 6.07) is 12.0. The Morgan fingerprint density at radius 3 is 2.41 bits per heavy atom. The molecular weight excluding hydrogens is 482 g/mol. The number of nitrogens with one attached hydrogen (secondary N) is 1. The zero-order valence-electron chi connectivity index (χ0n) is 22.3. The minimum absolute atomic E-state index is 0.0549. The van der Waals surface area contributed by atoms with E-state index in [0.29, 0.717) is 25.3 Å². The molecule has 1 aromatic heterocycles. The quantitative estimate of drug-likeness (QED) is 0.506. The molecule has 1 N–H and O–H groups in total. The normalized spacial score (nSPS) is 23.0. The maximum atomic E-state index is 13.9. The molecule has 200 valence electrons. The Bertz CT molecular complexity index is 1040. The van der Waals surface area contributed by atoms with Gasteiger partial charge in [0, 0.05) is 24.5 Å². The van der Waals surface area contributed by atoms with E-state index < -0.39 is 5.54 Å². The van der Waals surface area contributed by atoms with Crippen LogP contribution >= 0.6 is 11.3 Å². The molecule has 37 heavy (non-hydrogen) atoms. The molecule has 2 aliphatic heterocycles. The van der Waals surface area contributed by atoms with E-state index in [4.69, 9.17) is 4.74 Å². The summed E-state index contributed by atoms with van der Waals surface area (Å²) in [4.78, 5) is 33.2. The second-order valence-corrected chi connectivity index (χ2v) is 12.4. The minimum Gasteiger partial charge on any atom is -0.491 e. The highest BCUT2D eigenvalue weighted by Crippen LogP contribution is 2.37. The molecule has 1 aromatic carbocycles. The number of carbonyl (C=O) groups is 2. The van der Waals surface area contributed by atoms with Gasteiger partial charge in [0.25, 0.3) is 0 Å². The summed E-state index contributed by atoms with van der Waals surface area (Å²) in [5.41, 5.74) is 0.481. The summed E-state index contributed by atoms with van der Waals surface area (Å²) in [5, 5.41) is 5.26. The average molecular weight is 524 g/mol. The van der Waals surface area contributed by atoms with Gasteiger partial charge in [0.2, 0.25) is 11.8 Å². The smallest absolute Gasteiger partial charge is 0.246 e. The van der Waals surface area contributed by atoms with Gasteiger partial charge in [-0.25, -0.2) is 0 Å². The molecule has 0 bridgehead atoms. The first-order chi connectivity index (χ1) is 17.9. The molecule has 1 saturated carbocycles. The lowest BCUT2D eigenvalue weighted by molar-refractivity contribution is -0.162. The summed E-state index contributed by atoms with van der Waals surface area (Å²) in [5.74, 6) is 1.60. The first kappa shape index (κ1) is 26.2. The van der Waals surface area contributed by atoms with Crippen LogP contribution < -0.4 is 10.1 Å². The SMILES string of the molecule is CC(C)Oc1ccc(CN2CCC3(CC2)C(=O)NC(CC2CCCCC2)C(=O)N3Cc2cccs2)cc1. The molecule has 1 aliphatic carbocycles. The number of hydrogen-bond donors (Lipinski definition) is 1. The van der Waals surface area contributed by atoms with Gasteiger partial charge in [-0.1, -0.05) is 50.3 Å². The highest BCUT2D eigenvalue weighted by molar-refractivity contribution is 7.09. The number of piperidine rings is 1. The fourth-order valence-electron chi connectivity index (χ4n) is 6.36. The maximum Gasteiger partial charge on any atom is 0.246 e. The Morgan fingerprint density at radius 2 is 1.76 bits per heavy atom. The fraction of sp³-hybridized carbons (Fsp3) is 0.600. The first-order valence-corrected chi connectivity index (χ1v) is 14.9. The van der Waals surface area contributed by atoms with E-state index in [1.165, 1.54) is 37.7 Å². The minimum atomic E-state index is -0.754. The molecular formula is C30H41N3O3S. The van der Waals surface area contributed by atoms with E-state index >= 15 is 0 Å². The maximum absolute atomic E-state index is 13.9. The van der Waals surface area contributed by atoms with Crippen molar-refractivity contribution >= 4 is 23.2 Å². The third-order valence-corrected chi connectivity index (χ3v) is 9.24. The number of benzene rings is 1. The largest absolute Gasteiger partial charge is 0.491 e. The van der Waals surface area contributed by atoms with Gasteiger partial charge in [0.1, 0.15) is 17.3 Å². The Hall–Kier alpha value is -2.38. The van der Waals surface area contributed by atoms with E-state index in [-0.39, 0.29) is 24.0 Å². The number of ether oxygens (including phenoxy) is 1. The van der Waals surface area contributed by atoms with Crippen LogP contribution in [0.5, 0.6) is 5.75 Å². The second-order valence-electron chi connectivity index (χ2n) is 11.4. The van der Waals surface area contributed by atoms with Crippen molar-refractivity contribution in [3.63, 3.8) is 0 Å². The molecule has 1 spiro atoms. The number of nitrogens with zero attached hydrogens (tertiary/aromatic N) is 2. The van der Waals surface area contributed by atoms with Crippen molar-refractivity contribution in [2.75, 3.05) is 13.1 Å². The molecule has 3 fully saturated rings. The molecule has 5 rings (SSSR count). The fourth-order valence-corrected chi connectivity index (χ4v) is 7.05. The highest BCUT2D eigenvalue weighted by Gasteiger charge is 2.53. The van der Waals surface area contributed by atoms with Crippen LogP contribution in [0.25, 0.3) is 0 Å². The van der Waals surface area contributed by atoms with Crippen molar-refractivity contribution in [3.05, 3.63) is 52.2 Å². The van der Waals surface area contributed by atoms with Gasteiger partial charge in [-0.05, 0) is 68.2 Å². The first-order valence-electron chi connectivity index (χ1n) is 14.1. The molecule has 1 unspecified atom stereocenters. The molecule has 6 nitrogen and oxygen atoms in total. The van der Waals surface area contributed by atoms with Gasteiger partial charge < -0.3 is 15.0 Å². The van der Waals surface area contributed by atoms with Crippen LogP contribution in [0.3, 0.4) is 0 Å². The molecule has 2 amide bonds. The van der Waals surface area contributed by atoms with Gasteiger partial charge in [0.15, 0.2) is 0 Å². The van der Waals surface area contributed by atoms with E-state index in [1.54, 1.807) is 11.3 Å². The third kappa shape index (κ3) is 6.04. The predicted octanol–water partition coefficient (Wildman–Crippen LogP) is 5.37. The lowest BCUT2D eigenvalue weighted by Gasteiger charge is -2.52. The van der Waals surface area contributed by atoms with Crippen molar-refractivity contribution in [1.82, 2.24) is 15.1 Å². The third-order valence-electron chi connectivity index (χ3n) is 8.38. The molecule has 0 radical (unpaired) electrons. The van der Waals surface area contributed by atoms with Gasteiger partial charge in [0.05, 0.1) is 12.6 Å². The molecule has 3 aliphatic rings. The van der Waals surface area contributed by atoms with Gasteiger partial charge in [-0.15, -0.1) is 11.3 Å². The highest BCUT2D eigenvalue weighted by atomic mass is 32.1. The van der Waals surface area contributed by atoms with Crippen molar-refractivity contribution in [1.29, 1.82) is 0 Å². The summed E-state index contributed by atoms with van der Waals surface area (Å²) < 4.78 is 5.77. The summed E-state index contributed by atoms with van der Waals surface area (Å²) in [6.07, 6.45) is 8.40. The van der Waals surface area contributed by atoms with Crippen molar-refractivity contribution < 1.29 is 14.3 Å². The monoisotopic (exact) mass is 523 g/mol. The molecule has 7 heteroatoms. The van der Waals surface area contributed by atoms with Gasteiger partial charge >= 0.3 is 0 Å². The Morgan fingerprint density at radius 1 is 1.03 bits per heavy atom. The summed E-state index contributed by atoms with van der Waals surface area (Å²) in [6.45, 7) is 7.01. The number of likely N-dealkylation sites (tertiary alicyclic amines) is 1. The average Bonchev–Trinajstić information content (AvgIpc) is 3.41. The van der Waals surface area contributed by atoms with E-state index in [2.05, 4.69) is 33.8 Å². The number of thiophene rings is 1. The van der Waals surface area contributed by atoms with Crippen LogP contribution in [0.2, 0.25) is 0 Å².